The summed E-state index contributed by atoms with van der Waals surface area (Å²) in [5.74, 6) is 0.300. The van der Waals surface area contributed by atoms with Gasteiger partial charge in [0.2, 0.25) is 5.88 Å². The molecule has 2 rings (SSSR count). The number of hydrogen-bond donors (Lipinski definition) is 1. The van der Waals surface area contributed by atoms with E-state index in [1.807, 2.05) is 32.3 Å². The van der Waals surface area contributed by atoms with E-state index in [1.54, 1.807) is 6.07 Å². The fraction of sp³-hybridized carbons (Fsp3) is 0.250. The molecule has 2 N–H and O–H groups in total. The molecule has 17 heavy (non-hydrogen) atoms. The Morgan fingerprint density at radius 1 is 1.35 bits per heavy atom. The quantitative estimate of drug-likeness (QED) is 0.911. The Kier molecular flexibility index (Phi) is 3.36. The predicted molar refractivity (Wildman–Crippen MR) is 68.8 cm³/mol. The molecule has 90 valence electrons. The molecule has 0 spiro atoms. The third kappa shape index (κ3) is 2.78. The van der Waals surface area contributed by atoms with Crippen LogP contribution in [0.25, 0.3) is 11.3 Å². The lowest BCUT2D eigenvalue weighted by molar-refractivity contribution is 0.402. The van der Waals surface area contributed by atoms with Crippen LogP contribution in [0.15, 0.2) is 28.8 Å². The van der Waals surface area contributed by atoms with Gasteiger partial charge in [0.1, 0.15) is 5.69 Å². The molecule has 0 fully saturated rings. The monoisotopic (exact) mass is 251 g/mol. The number of hydrogen-bond acceptors (Lipinski definition) is 4. The van der Waals surface area contributed by atoms with Crippen molar-refractivity contribution in [1.29, 1.82) is 0 Å². The van der Waals surface area contributed by atoms with E-state index >= 15 is 0 Å². The highest BCUT2D eigenvalue weighted by atomic mass is 35.5. The Morgan fingerprint density at radius 2 is 2.12 bits per heavy atom. The number of anilines is 1. The molecule has 1 aromatic heterocycles. The predicted octanol–water partition coefficient (Wildman–Crippen LogP) is 2.64. The third-order valence-electron chi connectivity index (χ3n) is 2.36. The highest BCUT2D eigenvalue weighted by molar-refractivity contribution is 6.31. The van der Waals surface area contributed by atoms with Crippen LogP contribution in [0.3, 0.4) is 0 Å². The molecule has 0 aliphatic rings. The van der Waals surface area contributed by atoms with Crippen LogP contribution in [0.4, 0.5) is 5.88 Å². The summed E-state index contributed by atoms with van der Waals surface area (Å²) in [6.07, 6.45) is 0. The van der Waals surface area contributed by atoms with Crippen LogP contribution < -0.4 is 5.73 Å². The van der Waals surface area contributed by atoms with Gasteiger partial charge >= 0.3 is 0 Å². The molecule has 0 atom stereocenters. The van der Waals surface area contributed by atoms with Crippen LogP contribution in [0.2, 0.25) is 5.02 Å². The van der Waals surface area contributed by atoms with E-state index in [1.165, 1.54) is 0 Å². The second kappa shape index (κ2) is 4.77. The van der Waals surface area contributed by atoms with Crippen molar-refractivity contribution >= 4 is 17.5 Å². The van der Waals surface area contributed by atoms with Gasteiger partial charge in [-0.2, -0.15) is 0 Å². The van der Waals surface area contributed by atoms with Crippen LogP contribution >= 0.6 is 11.6 Å². The summed E-state index contributed by atoms with van der Waals surface area (Å²) in [6, 6.07) is 7.50. The molecule has 0 radical (unpaired) electrons. The van der Waals surface area contributed by atoms with Gasteiger partial charge in [-0.25, -0.2) is 0 Å². The molecule has 1 heterocycles. The van der Waals surface area contributed by atoms with Crippen LogP contribution in [0.5, 0.6) is 0 Å². The zero-order chi connectivity index (χ0) is 12.4. The third-order valence-corrected chi connectivity index (χ3v) is 2.72. The Hall–Kier alpha value is -1.52. The fourth-order valence-corrected chi connectivity index (χ4v) is 1.84. The van der Waals surface area contributed by atoms with Crippen LogP contribution in [-0.2, 0) is 6.54 Å². The number of nitrogens with two attached hydrogens (primary N) is 1. The van der Waals surface area contributed by atoms with E-state index in [0.29, 0.717) is 11.6 Å². The molecule has 0 bridgehead atoms. The molecule has 0 aliphatic carbocycles. The standard InChI is InChI=1S/C12H14ClN3O/c1-16(2)7-9-4-3-8(5-10(9)13)11-6-12(14)17-15-11/h3-6H,7,14H2,1-2H3. The van der Waals surface area contributed by atoms with Gasteiger partial charge in [0.15, 0.2) is 0 Å². The minimum Gasteiger partial charge on any atom is -0.368 e. The molecule has 0 saturated carbocycles. The highest BCUT2D eigenvalue weighted by Crippen LogP contribution is 2.26. The molecule has 0 saturated heterocycles. The summed E-state index contributed by atoms with van der Waals surface area (Å²) in [6.45, 7) is 0.806. The second-order valence-electron chi connectivity index (χ2n) is 4.16. The first-order chi connectivity index (χ1) is 8.06. The second-order valence-corrected chi connectivity index (χ2v) is 4.57. The summed E-state index contributed by atoms with van der Waals surface area (Å²) in [5, 5.41) is 4.57. The highest BCUT2D eigenvalue weighted by Gasteiger charge is 2.08. The maximum absolute atomic E-state index is 6.21. The number of rotatable bonds is 3. The molecule has 0 amide bonds. The minimum atomic E-state index is 0.300. The van der Waals surface area contributed by atoms with E-state index in [2.05, 4.69) is 10.1 Å². The smallest absolute Gasteiger partial charge is 0.222 e. The minimum absolute atomic E-state index is 0.300. The first-order valence-corrected chi connectivity index (χ1v) is 5.60. The van der Waals surface area contributed by atoms with Crippen molar-refractivity contribution in [3.63, 3.8) is 0 Å². The van der Waals surface area contributed by atoms with E-state index in [0.717, 1.165) is 22.7 Å². The summed E-state index contributed by atoms with van der Waals surface area (Å²) in [7, 11) is 4.01. The van der Waals surface area contributed by atoms with Gasteiger partial charge in [-0.1, -0.05) is 28.9 Å². The fourth-order valence-electron chi connectivity index (χ4n) is 1.60. The topological polar surface area (TPSA) is 55.3 Å². The first-order valence-electron chi connectivity index (χ1n) is 5.22. The summed E-state index contributed by atoms with van der Waals surface area (Å²) in [5.41, 5.74) is 8.16. The first kappa shape index (κ1) is 12.0. The Balaban J connectivity index is 2.30. The molecule has 4 nitrogen and oxygen atoms in total. The number of nitrogen functional groups attached to an aromatic ring is 1. The summed E-state index contributed by atoms with van der Waals surface area (Å²) >= 11 is 6.21. The lowest BCUT2D eigenvalue weighted by atomic mass is 10.1. The molecule has 1 aromatic carbocycles. The molecule has 2 aromatic rings. The van der Waals surface area contributed by atoms with E-state index in [-0.39, 0.29) is 0 Å². The summed E-state index contributed by atoms with van der Waals surface area (Å²) in [4.78, 5) is 2.06. The largest absolute Gasteiger partial charge is 0.368 e. The van der Waals surface area contributed by atoms with Crippen LogP contribution in [-0.4, -0.2) is 24.2 Å². The number of benzene rings is 1. The van der Waals surface area contributed by atoms with E-state index in [9.17, 15) is 0 Å². The Bertz CT molecular complexity index is 522. The van der Waals surface area contributed by atoms with Gasteiger partial charge in [-0.15, -0.1) is 0 Å². The van der Waals surface area contributed by atoms with Gasteiger partial charge in [0, 0.05) is 23.2 Å². The Labute approximate surface area is 105 Å². The van der Waals surface area contributed by atoms with Crippen molar-refractivity contribution in [3.05, 3.63) is 34.9 Å². The van der Waals surface area contributed by atoms with Gasteiger partial charge in [0.05, 0.1) is 0 Å². The average Bonchev–Trinajstić information content (AvgIpc) is 2.67. The van der Waals surface area contributed by atoms with Gasteiger partial charge < -0.3 is 15.2 Å². The van der Waals surface area contributed by atoms with Crippen molar-refractivity contribution in [2.24, 2.45) is 0 Å². The Morgan fingerprint density at radius 3 is 2.65 bits per heavy atom. The zero-order valence-electron chi connectivity index (χ0n) is 9.77. The van der Waals surface area contributed by atoms with Crippen molar-refractivity contribution < 1.29 is 4.52 Å². The van der Waals surface area contributed by atoms with Crippen molar-refractivity contribution in [3.8, 4) is 11.3 Å². The van der Waals surface area contributed by atoms with Gasteiger partial charge in [0.25, 0.3) is 0 Å². The SMILES string of the molecule is CN(C)Cc1ccc(-c2cc(N)on2)cc1Cl. The van der Waals surface area contributed by atoms with Crippen LogP contribution in [0.1, 0.15) is 5.56 Å². The average molecular weight is 252 g/mol. The maximum atomic E-state index is 6.21. The van der Waals surface area contributed by atoms with Crippen LogP contribution in [0, 0.1) is 0 Å². The number of aromatic nitrogens is 1. The van der Waals surface area contributed by atoms with Crippen molar-refractivity contribution in [2.75, 3.05) is 19.8 Å². The normalized spacial score (nSPS) is 11.1. The molecule has 0 unspecified atom stereocenters. The van der Waals surface area contributed by atoms with Crippen molar-refractivity contribution in [2.45, 2.75) is 6.54 Å². The molecular formula is C12H14ClN3O. The number of halogens is 1. The van der Waals surface area contributed by atoms with Gasteiger partial charge in [-0.3, -0.25) is 0 Å². The zero-order valence-corrected chi connectivity index (χ0v) is 10.5. The lowest BCUT2D eigenvalue weighted by Crippen LogP contribution is -2.10. The summed E-state index contributed by atoms with van der Waals surface area (Å²) < 4.78 is 4.83. The van der Waals surface area contributed by atoms with E-state index < -0.39 is 0 Å². The maximum Gasteiger partial charge on any atom is 0.222 e. The van der Waals surface area contributed by atoms with Crippen molar-refractivity contribution in [1.82, 2.24) is 10.1 Å². The molecule has 5 heteroatoms. The van der Waals surface area contributed by atoms with E-state index in [4.69, 9.17) is 21.9 Å². The lowest BCUT2D eigenvalue weighted by Gasteiger charge is -2.11. The number of nitrogens with zero attached hydrogens (tertiary/aromatic N) is 2. The molecular weight excluding hydrogens is 238 g/mol. The molecule has 0 aliphatic heterocycles. The van der Waals surface area contributed by atoms with Gasteiger partial charge in [-0.05, 0) is 25.7 Å².